The summed E-state index contributed by atoms with van der Waals surface area (Å²) in [6, 6.07) is 14.3. The molecule has 100 valence electrons. The third-order valence-electron chi connectivity index (χ3n) is 2.83. The molecule has 1 unspecified atom stereocenters. The zero-order chi connectivity index (χ0) is 14.0. The van der Waals surface area contributed by atoms with Crippen molar-refractivity contribution in [1.29, 1.82) is 0 Å². The molecular weight excluding hydrogens is 345 g/mol. The van der Waals surface area contributed by atoms with E-state index in [1.165, 1.54) is 0 Å². The molecule has 0 fully saturated rings. The van der Waals surface area contributed by atoms with Gasteiger partial charge in [-0.2, -0.15) is 0 Å². The molecule has 0 aliphatic rings. The van der Waals surface area contributed by atoms with Crippen LogP contribution in [0.3, 0.4) is 0 Å². The summed E-state index contributed by atoms with van der Waals surface area (Å²) in [5.74, 6) is 0. The van der Waals surface area contributed by atoms with E-state index in [2.05, 4.69) is 0 Å². The van der Waals surface area contributed by atoms with Gasteiger partial charge in [0, 0.05) is 10.0 Å². The largest absolute Gasteiger partial charge is 0.135 e. The van der Waals surface area contributed by atoms with Gasteiger partial charge in [-0.25, -0.2) is 0 Å². The highest BCUT2D eigenvalue weighted by molar-refractivity contribution is 6.50. The second-order valence-electron chi connectivity index (χ2n) is 4.00. The number of benzene rings is 2. The van der Waals surface area contributed by atoms with E-state index in [9.17, 15) is 0 Å². The summed E-state index contributed by atoms with van der Waals surface area (Å²) < 4.78 is 0. The normalized spacial score (nSPS) is 14.4. The van der Waals surface area contributed by atoms with E-state index in [4.69, 9.17) is 58.0 Å². The summed E-state index contributed by atoms with van der Waals surface area (Å²) in [6.07, 6.45) is 0. The molecule has 0 saturated heterocycles. The SMILES string of the molecule is Clc1ccc(C(Cl)(c2ccccc2Cl)C(Cl)Cl)cc1. The Kier molecular flexibility index (Phi) is 4.92. The Morgan fingerprint density at radius 2 is 1.42 bits per heavy atom. The van der Waals surface area contributed by atoms with Crippen molar-refractivity contribution in [3.63, 3.8) is 0 Å². The first-order valence-electron chi connectivity index (χ1n) is 5.44. The third kappa shape index (κ3) is 2.99. The van der Waals surface area contributed by atoms with E-state index in [-0.39, 0.29) is 0 Å². The maximum absolute atomic E-state index is 6.69. The molecule has 0 nitrogen and oxygen atoms in total. The van der Waals surface area contributed by atoms with Crippen LogP contribution in [0.1, 0.15) is 11.1 Å². The molecule has 2 aromatic rings. The van der Waals surface area contributed by atoms with Crippen molar-refractivity contribution in [3.05, 3.63) is 69.7 Å². The second kappa shape index (κ2) is 6.11. The van der Waals surface area contributed by atoms with Crippen molar-refractivity contribution in [2.24, 2.45) is 0 Å². The first kappa shape index (κ1) is 15.3. The molecule has 0 saturated carbocycles. The summed E-state index contributed by atoms with van der Waals surface area (Å²) in [5.41, 5.74) is 1.40. The van der Waals surface area contributed by atoms with Gasteiger partial charge in [-0.15, -0.1) is 34.8 Å². The third-order valence-corrected chi connectivity index (χ3v) is 4.93. The van der Waals surface area contributed by atoms with E-state index in [0.29, 0.717) is 15.6 Å². The molecular formula is C14H9Cl5. The summed E-state index contributed by atoms with van der Waals surface area (Å²) in [4.78, 5) is -1.98. The molecule has 0 aliphatic carbocycles. The highest BCUT2D eigenvalue weighted by atomic mass is 35.5. The van der Waals surface area contributed by atoms with Crippen LogP contribution in [0.15, 0.2) is 48.5 Å². The van der Waals surface area contributed by atoms with Crippen LogP contribution in [0.2, 0.25) is 10.0 Å². The van der Waals surface area contributed by atoms with Crippen molar-refractivity contribution in [3.8, 4) is 0 Å². The zero-order valence-electron chi connectivity index (χ0n) is 9.59. The van der Waals surface area contributed by atoms with Crippen molar-refractivity contribution >= 4 is 58.0 Å². The number of hydrogen-bond acceptors (Lipinski definition) is 0. The molecule has 0 amide bonds. The highest BCUT2D eigenvalue weighted by Crippen LogP contribution is 2.46. The van der Waals surface area contributed by atoms with Crippen molar-refractivity contribution in [2.75, 3.05) is 0 Å². The molecule has 0 radical (unpaired) electrons. The van der Waals surface area contributed by atoms with Gasteiger partial charge in [0.15, 0.2) is 0 Å². The van der Waals surface area contributed by atoms with Gasteiger partial charge in [-0.1, -0.05) is 53.5 Å². The van der Waals surface area contributed by atoms with Gasteiger partial charge in [0.2, 0.25) is 0 Å². The molecule has 0 bridgehead atoms. The fourth-order valence-corrected chi connectivity index (χ4v) is 3.08. The second-order valence-corrected chi connectivity index (χ2v) is 6.54. The van der Waals surface area contributed by atoms with E-state index in [1.807, 2.05) is 18.2 Å². The fourth-order valence-electron chi connectivity index (χ4n) is 1.85. The van der Waals surface area contributed by atoms with Crippen LogP contribution in [0.4, 0.5) is 0 Å². The molecule has 1 atom stereocenters. The van der Waals surface area contributed by atoms with Gasteiger partial charge in [-0.3, -0.25) is 0 Å². The first-order chi connectivity index (χ1) is 8.96. The van der Waals surface area contributed by atoms with Crippen LogP contribution < -0.4 is 0 Å². The minimum atomic E-state index is -1.12. The molecule has 0 spiro atoms. The van der Waals surface area contributed by atoms with Crippen molar-refractivity contribution < 1.29 is 0 Å². The minimum absolute atomic E-state index is 0.513. The van der Waals surface area contributed by atoms with E-state index < -0.39 is 9.71 Å². The minimum Gasteiger partial charge on any atom is -0.106 e. The van der Waals surface area contributed by atoms with Crippen LogP contribution in [0.25, 0.3) is 0 Å². The summed E-state index contributed by atoms with van der Waals surface area (Å²) >= 11 is 31.0. The number of alkyl halides is 3. The molecule has 0 N–H and O–H groups in total. The smallest absolute Gasteiger partial charge is 0.106 e. The van der Waals surface area contributed by atoms with Crippen molar-refractivity contribution in [1.82, 2.24) is 0 Å². The lowest BCUT2D eigenvalue weighted by Gasteiger charge is -2.30. The molecule has 5 heteroatoms. The number of hydrogen-bond donors (Lipinski definition) is 0. The predicted molar refractivity (Wildman–Crippen MR) is 85.0 cm³/mol. The fraction of sp³-hybridized carbons (Fsp3) is 0.143. The average molecular weight is 354 g/mol. The first-order valence-corrected chi connectivity index (χ1v) is 7.45. The van der Waals surface area contributed by atoms with Crippen LogP contribution in [-0.4, -0.2) is 4.84 Å². The molecule has 2 aromatic carbocycles. The van der Waals surface area contributed by atoms with Gasteiger partial charge in [-0.05, 0) is 29.3 Å². The molecule has 0 aliphatic heterocycles. The predicted octanol–water partition coefficient (Wildman–Crippen LogP) is 6.28. The van der Waals surface area contributed by atoms with Crippen LogP contribution in [0.5, 0.6) is 0 Å². The van der Waals surface area contributed by atoms with Crippen LogP contribution >= 0.6 is 58.0 Å². The Morgan fingerprint density at radius 3 is 1.95 bits per heavy atom. The van der Waals surface area contributed by atoms with E-state index in [1.54, 1.807) is 30.3 Å². The average Bonchev–Trinajstić information content (AvgIpc) is 2.39. The molecule has 0 aromatic heterocycles. The number of rotatable bonds is 3. The Labute approximate surface area is 137 Å². The topological polar surface area (TPSA) is 0 Å². The lowest BCUT2D eigenvalue weighted by Crippen LogP contribution is -2.28. The Balaban J connectivity index is 2.62. The molecule has 0 heterocycles. The summed E-state index contributed by atoms with van der Waals surface area (Å²) in [5, 5.41) is 1.13. The van der Waals surface area contributed by atoms with Crippen LogP contribution in [0, 0.1) is 0 Å². The monoisotopic (exact) mass is 352 g/mol. The molecule has 2 rings (SSSR count). The highest BCUT2D eigenvalue weighted by Gasteiger charge is 2.40. The maximum atomic E-state index is 6.69. The van der Waals surface area contributed by atoms with Gasteiger partial charge in [0.1, 0.15) is 9.71 Å². The van der Waals surface area contributed by atoms with E-state index in [0.717, 1.165) is 5.56 Å². The summed E-state index contributed by atoms with van der Waals surface area (Å²) in [7, 11) is 0. The van der Waals surface area contributed by atoms with Gasteiger partial charge >= 0.3 is 0 Å². The van der Waals surface area contributed by atoms with Gasteiger partial charge in [0.05, 0.1) is 0 Å². The lowest BCUT2D eigenvalue weighted by atomic mass is 9.91. The standard InChI is InChI=1S/C14H9Cl5/c15-10-7-5-9(6-8-10)14(19,13(17)18)11-3-1-2-4-12(11)16/h1-8,13H. The Bertz CT molecular complexity index is 564. The van der Waals surface area contributed by atoms with E-state index >= 15 is 0 Å². The van der Waals surface area contributed by atoms with Gasteiger partial charge in [0.25, 0.3) is 0 Å². The molecule has 19 heavy (non-hydrogen) atoms. The Morgan fingerprint density at radius 1 is 0.842 bits per heavy atom. The lowest BCUT2D eigenvalue weighted by molar-refractivity contribution is 0.791. The number of halogens is 5. The Hall–Kier alpha value is -0.110. The van der Waals surface area contributed by atoms with Crippen LogP contribution in [-0.2, 0) is 4.87 Å². The van der Waals surface area contributed by atoms with Gasteiger partial charge < -0.3 is 0 Å². The quantitative estimate of drug-likeness (QED) is 0.569. The summed E-state index contributed by atoms with van der Waals surface area (Å²) in [6.45, 7) is 0. The zero-order valence-corrected chi connectivity index (χ0v) is 13.4. The van der Waals surface area contributed by atoms with Crippen molar-refractivity contribution in [2.45, 2.75) is 9.71 Å². The maximum Gasteiger partial charge on any atom is 0.135 e.